The predicted octanol–water partition coefficient (Wildman–Crippen LogP) is 6.13. The van der Waals surface area contributed by atoms with Gasteiger partial charge in [0, 0.05) is 19.3 Å². The van der Waals surface area contributed by atoms with Gasteiger partial charge < -0.3 is 25.4 Å². The third-order valence-corrected chi connectivity index (χ3v) is 9.44. The molecule has 0 unspecified atom stereocenters. The maximum atomic E-state index is 15.0. The van der Waals surface area contributed by atoms with Crippen LogP contribution >= 0.6 is 0 Å². The maximum Gasteiger partial charge on any atom is 0.408 e. The van der Waals surface area contributed by atoms with Crippen LogP contribution in [0.4, 0.5) is 4.79 Å². The van der Waals surface area contributed by atoms with Gasteiger partial charge in [-0.25, -0.2) is 14.7 Å². The summed E-state index contributed by atoms with van der Waals surface area (Å²) in [4.78, 5) is 76.4. The van der Waals surface area contributed by atoms with Gasteiger partial charge in [0.25, 0.3) is 5.91 Å². The van der Waals surface area contributed by atoms with Crippen LogP contribution in [0, 0.1) is 5.92 Å². The zero-order chi connectivity index (χ0) is 42.1. The number of hydrogen-bond donors (Lipinski definition) is 3. The number of ether oxygens (including phenoxy) is 2. The molecule has 0 aliphatic rings. The van der Waals surface area contributed by atoms with Crippen molar-refractivity contribution in [2.24, 2.45) is 5.92 Å². The molecule has 58 heavy (non-hydrogen) atoms. The van der Waals surface area contributed by atoms with Crippen LogP contribution in [0.3, 0.4) is 0 Å². The molecule has 0 saturated heterocycles. The normalized spacial score (nSPS) is 13.8. The van der Waals surface area contributed by atoms with Gasteiger partial charge in [-0.15, -0.1) is 0 Å². The zero-order valence-corrected chi connectivity index (χ0v) is 34.2. The molecule has 308 valence electrons. The molecule has 0 radical (unpaired) electrons. The minimum Gasteiger partial charge on any atom is -0.467 e. The summed E-state index contributed by atoms with van der Waals surface area (Å²) in [6.45, 7) is 8.76. The van der Waals surface area contributed by atoms with Crippen molar-refractivity contribution in [2.45, 2.75) is 96.7 Å². The highest BCUT2D eigenvalue weighted by Crippen LogP contribution is 2.19. The summed E-state index contributed by atoms with van der Waals surface area (Å²) >= 11 is 0. The molecule has 0 bridgehead atoms. The Bertz CT molecular complexity index is 1910. The monoisotopic (exact) mass is 792 g/mol. The van der Waals surface area contributed by atoms with E-state index in [2.05, 4.69) is 16.0 Å². The second kappa shape index (κ2) is 22.1. The zero-order valence-electron chi connectivity index (χ0n) is 34.2. The Balaban J connectivity index is 1.75. The number of methoxy groups -OCH3 is 1. The number of benzene rings is 4. The average molecular weight is 793 g/mol. The molecule has 4 rings (SSSR count). The molecule has 12 nitrogen and oxygen atoms in total. The Morgan fingerprint density at radius 1 is 0.621 bits per heavy atom. The van der Waals surface area contributed by atoms with E-state index in [0.717, 1.165) is 21.8 Å². The SMILES string of the molecule is CC[C@H](C)[C@H](NC(=O)[C@H](Cc1ccccc1)N(OCc1ccccc1)C(=O)[C@H](Cc1ccccc1)NC(=O)OC(C)(C)C)C(=O)N[C@@H](Cc1ccccc1)C(=O)OC. The van der Waals surface area contributed by atoms with Crippen LogP contribution in [-0.2, 0) is 59.4 Å². The molecule has 12 heteroatoms. The highest BCUT2D eigenvalue weighted by Gasteiger charge is 2.39. The molecule has 0 fully saturated rings. The number of nitrogens with zero attached hydrogens (tertiary/aromatic N) is 1. The van der Waals surface area contributed by atoms with Gasteiger partial charge >= 0.3 is 12.1 Å². The Morgan fingerprint density at radius 3 is 1.55 bits per heavy atom. The van der Waals surface area contributed by atoms with Crippen molar-refractivity contribution in [3.05, 3.63) is 144 Å². The van der Waals surface area contributed by atoms with Crippen LogP contribution in [0.15, 0.2) is 121 Å². The van der Waals surface area contributed by atoms with Gasteiger partial charge in [0.05, 0.1) is 7.11 Å². The molecule has 0 aliphatic heterocycles. The van der Waals surface area contributed by atoms with Gasteiger partial charge in [-0.3, -0.25) is 19.2 Å². The van der Waals surface area contributed by atoms with Gasteiger partial charge in [0.1, 0.15) is 36.4 Å². The van der Waals surface area contributed by atoms with E-state index in [0.29, 0.717) is 12.0 Å². The van der Waals surface area contributed by atoms with Crippen LogP contribution < -0.4 is 16.0 Å². The third-order valence-electron chi connectivity index (χ3n) is 9.44. The lowest BCUT2D eigenvalue weighted by Crippen LogP contribution is -2.61. The molecule has 4 amide bonds. The van der Waals surface area contributed by atoms with Crippen molar-refractivity contribution in [1.82, 2.24) is 21.0 Å². The number of nitrogens with one attached hydrogen (secondary N) is 3. The largest absolute Gasteiger partial charge is 0.467 e. The van der Waals surface area contributed by atoms with E-state index >= 15 is 0 Å². The van der Waals surface area contributed by atoms with Crippen LogP contribution in [-0.4, -0.2) is 71.7 Å². The molecular formula is C46H56N4O8. The Morgan fingerprint density at radius 2 is 1.09 bits per heavy atom. The first-order chi connectivity index (χ1) is 27.8. The molecule has 0 aliphatic carbocycles. The van der Waals surface area contributed by atoms with Gasteiger partial charge in [0.15, 0.2) is 0 Å². The first-order valence-electron chi connectivity index (χ1n) is 19.6. The summed E-state index contributed by atoms with van der Waals surface area (Å²) in [6, 6.07) is 31.9. The second-order valence-electron chi connectivity index (χ2n) is 15.2. The minimum absolute atomic E-state index is 0.00860. The van der Waals surface area contributed by atoms with Crippen molar-refractivity contribution >= 4 is 29.8 Å². The third kappa shape index (κ3) is 14.2. The van der Waals surface area contributed by atoms with E-state index in [9.17, 15) is 24.0 Å². The van der Waals surface area contributed by atoms with Gasteiger partial charge in [-0.05, 0) is 48.9 Å². The first kappa shape index (κ1) is 44.7. The Kier molecular flexibility index (Phi) is 17.0. The highest BCUT2D eigenvalue weighted by atomic mass is 16.7. The number of esters is 1. The summed E-state index contributed by atoms with van der Waals surface area (Å²) in [6.07, 6.45) is -0.114. The molecular weight excluding hydrogens is 737 g/mol. The first-order valence-corrected chi connectivity index (χ1v) is 19.6. The van der Waals surface area contributed by atoms with Crippen LogP contribution in [0.2, 0.25) is 0 Å². The molecule has 0 spiro atoms. The summed E-state index contributed by atoms with van der Waals surface area (Å²) in [5, 5.41) is 9.47. The number of alkyl carbamates (subject to hydrolysis) is 1. The van der Waals surface area contributed by atoms with Crippen LogP contribution in [0.5, 0.6) is 0 Å². The average Bonchev–Trinajstić information content (AvgIpc) is 3.22. The van der Waals surface area contributed by atoms with Crippen molar-refractivity contribution in [1.29, 1.82) is 0 Å². The summed E-state index contributed by atoms with van der Waals surface area (Å²) in [5.74, 6) is -3.02. The number of amides is 4. The van der Waals surface area contributed by atoms with Crippen molar-refractivity contribution in [3.63, 3.8) is 0 Å². The molecule has 0 saturated carbocycles. The number of carbonyl (C=O) groups excluding carboxylic acids is 5. The van der Waals surface area contributed by atoms with E-state index in [-0.39, 0.29) is 25.9 Å². The van der Waals surface area contributed by atoms with Gasteiger partial charge in [0.2, 0.25) is 11.8 Å². The standard InChI is InChI=1S/C46H56N4O8/c1-7-32(2)40(42(52)47-38(44(54)56-6)29-34-22-14-9-15-23-34)49-41(51)39(30-35-24-16-10-17-25-35)50(57-31-36-26-18-11-19-27-36)43(53)37(28-33-20-12-8-13-21-33)48-45(55)58-46(3,4)5/h8-27,32,37-40H,7,28-31H2,1-6H3,(H,47,52)(H,48,55)(H,49,51)/t32-,37-,38-,39-,40-/m0/s1. The second-order valence-corrected chi connectivity index (χ2v) is 15.2. The lowest BCUT2D eigenvalue weighted by molar-refractivity contribution is -0.209. The van der Waals surface area contributed by atoms with E-state index in [1.165, 1.54) is 7.11 Å². The molecule has 0 heterocycles. The molecule has 5 atom stereocenters. The number of rotatable bonds is 19. The molecule has 0 aromatic heterocycles. The van der Waals surface area contributed by atoms with Crippen LogP contribution in [0.25, 0.3) is 0 Å². The molecule has 3 N–H and O–H groups in total. The number of carbonyl (C=O) groups is 5. The van der Waals surface area contributed by atoms with E-state index in [1.54, 1.807) is 20.8 Å². The van der Waals surface area contributed by atoms with Crippen molar-refractivity contribution in [2.75, 3.05) is 7.11 Å². The number of hydrogen-bond acceptors (Lipinski definition) is 8. The lowest BCUT2D eigenvalue weighted by Gasteiger charge is -2.35. The van der Waals surface area contributed by atoms with Gasteiger partial charge in [-0.1, -0.05) is 142 Å². The fourth-order valence-corrected chi connectivity index (χ4v) is 6.20. The molecule has 4 aromatic rings. The van der Waals surface area contributed by atoms with Crippen molar-refractivity contribution in [3.8, 4) is 0 Å². The topological polar surface area (TPSA) is 152 Å². The van der Waals surface area contributed by atoms with Crippen LogP contribution in [0.1, 0.15) is 63.3 Å². The lowest BCUT2D eigenvalue weighted by atomic mass is 9.96. The fraction of sp³-hybridized carbons (Fsp3) is 0.370. The van der Waals surface area contributed by atoms with Gasteiger partial charge in [-0.2, -0.15) is 0 Å². The predicted molar refractivity (Wildman–Crippen MR) is 221 cm³/mol. The molecule has 4 aromatic carbocycles. The highest BCUT2D eigenvalue weighted by molar-refractivity contribution is 5.95. The Hall–Kier alpha value is -6.01. The quantitative estimate of drug-likeness (QED) is 0.0759. The smallest absolute Gasteiger partial charge is 0.408 e. The fourth-order valence-electron chi connectivity index (χ4n) is 6.20. The summed E-state index contributed by atoms with van der Waals surface area (Å²) < 4.78 is 10.6. The summed E-state index contributed by atoms with van der Waals surface area (Å²) in [5.41, 5.74) is 2.13. The van der Waals surface area contributed by atoms with E-state index in [4.69, 9.17) is 14.3 Å². The van der Waals surface area contributed by atoms with E-state index < -0.39 is 65.5 Å². The van der Waals surface area contributed by atoms with Crippen molar-refractivity contribution < 1.29 is 38.3 Å². The number of hydroxylamine groups is 2. The summed E-state index contributed by atoms with van der Waals surface area (Å²) in [7, 11) is 1.25. The van der Waals surface area contributed by atoms with E-state index in [1.807, 2.05) is 135 Å². The maximum absolute atomic E-state index is 15.0. The minimum atomic E-state index is -1.34. The Labute approximate surface area is 341 Å².